The first-order valence-corrected chi connectivity index (χ1v) is 9.50. The van der Waals surface area contributed by atoms with Gasteiger partial charge in [-0.15, -0.1) is 0 Å². The number of likely N-dealkylation sites (tertiary alicyclic amines) is 2. The highest BCUT2D eigenvalue weighted by molar-refractivity contribution is 4.89. The highest BCUT2D eigenvalue weighted by Crippen LogP contribution is 2.26. The molecule has 3 aliphatic heterocycles. The maximum Gasteiger partial charge on any atom is 0.0261 e. The van der Waals surface area contributed by atoms with E-state index in [0.717, 1.165) is 17.9 Å². The first-order chi connectivity index (χ1) is 10.3. The van der Waals surface area contributed by atoms with Crippen molar-refractivity contribution in [1.29, 1.82) is 0 Å². The van der Waals surface area contributed by atoms with Crippen LogP contribution in [-0.4, -0.2) is 61.7 Å². The molecule has 0 aromatic carbocycles. The molecule has 3 unspecified atom stereocenters. The Hall–Kier alpha value is -0.120. The first-order valence-electron chi connectivity index (χ1n) is 9.50. The summed E-state index contributed by atoms with van der Waals surface area (Å²) in [6, 6.07) is 0.796. The maximum absolute atomic E-state index is 3.67. The molecular formula is C18H35N3. The molecule has 3 saturated heterocycles. The molecule has 0 aromatic rings. The molecular weight excluding hydrogens is 258 g/mol. The number of nitrogens with one attached hydrogen (secondary N) is 1. The SMILES string of the molecule is CC1CCCN(C2CNCCC2CN2CCCCCC2)C1. The predicted octanol–water partition coefficient (Wildman–Crippen LogP) is 2.57. The van der Waals surface area contributed by atoms with Gasteiger partial charge < -0.3 is 10.2 Å². The second kappa shape index (κ2) is 7.94. The standard InChI is InChI=1S/C18H35N3/c1-16-7-6-12-21(14-16)18-13-19-9-8-17(18)15-20-10-4-2-3-5-11-20/h16-19H,2-15H2,1H3. The van der Waals surface area contributed by atoms with Crippen LogP contribution in [0, 0.1) is 11.8 Å². The molecule has 0 aliphatic carbocycles. The summed E-state index contributed by atoms with van der Waals surface area (Å²) in [6.07, 6.45) is 9.99. The van der Waals surface area contributed by atoms with Gasteiger partial charge >= 0.3 is 0 Å². The molecule has 0 amide bonds. The molecule has 3 atom stereocenters. The van der Waals surface area contributed by atoms with Crippen LogP contribution in [0.15, 0.2) is 0 Å². The van der Waals surface area contributed by atoms with Crippen molar-refractivity contribution in [3.63, 3.8) is 0 Å². The summed E-state index contributed by atoms with van der Waals surface area (Å²) >= 11 is 0. The average Bonchev–Trinajstić information content (AvgIpc) is 2.76. The van der Waals surface area contributed by atoms with Gasteiger partial charge in [0.15, 0.2) is 0 Å². The molecule has 21 heavy (non-hydrogen) atoms. The second-order valence-corrected chi connectivity index (χ2v) is 7.78. The van der Waals surface area contributed by atoms with Crippen LogP contribution in [0.1, 0.15) is 51.9 Å². The fraction of sp³-hybridized carbons (Fsp3) is 1.00. The van der Waals surface area contributed by atoms with E-state index in [1.807, 2.05) is 0 Å². The molecule has 3 aliphatic rings. The van der Waals surface area contributed by atoms with E-state index in [-0.39, 0.29) is 0 Å². The van der Waals surface area contributed by atoms with Crippen molar-refractivity contribution in [2.24, 2.45) is 11.8 Å². The van der Waals surface area contributed by atoms with Gasteiger partial charge in [-0.25, -0.2) is 0 Å². The maximum atomic E-state index is 3.67. The summed E-state index contributed by atoms with van der Waals surface area (Å²) < 4.78 is 0. The summed E-state index contributed by atoms with van der Waals surface area (Å²) in [7, 11) is 0. The molecule has 0 radical (unpaired) electrons. The number of hydrogen-bond acceptors (Lipinski definition) is 3. The summed E-state index contributed by atoms with van der Waals surface area (Å²) in [4.78, 5) is 5.60. The minimum Gasteiger partial charge on any atom is -0.315 e. The highest BCUT2D eigenvalue weighted by atomic mass is 15.2. The lowest BCUT2D eigenvalue weighted by Crippen LogP contribution is -2.56. The first kappa shape index (κ1) is 15.8. The molecule has 122 valence electrons. The summed E-state index contributed by atoms with van der Waals surface area (Å²) in [5, 5.41) is 3.67. The Labute approximate surface area is 131 Å². The minimum absolute atomic E-state index is 0.796. The third kappa shape index (κ3) is 4.43. The highest BCUT2D eigenvalue weighted by Gasteiger charge is 2.33. The van der Waals surface area contributed by atoms with Crippen LogP contribution in [0.4, 0.5) is 0 Å². The molecule has 3 heteroatoms. The molecule has 3 nitrogen and oxygen atoms in total. The lowest BCUT2D eigenvalue weighted by molar-refractivity contribution is 0.0565. The lowest BCUT2D eigenvalue weighted by atomic mass is 9.88. The van der Waals surface area contributed by atoms with E-state index in [1.165, 1.54) is 90.8 Å². The Balaban J connectivity index is 1.57. The minimum atomic E-state index is 0.796. The van der Waals surface area contributed by atoms with E-state index >= 15 is 0 Å². The van der Waals surface area contributed by atoms with Crippen molar-refractivity contribution in [3.8, 4) is 0 Å². The molecule has 0 aromatic heterocycles. The Morgan fingerprint density at radius 3 is 2.52 bits per heavy atom. The summed E-state index contributed by atoms with van der Waals surface area (Å²) in [5.41, 5.74) is 0. The zero-order valence-corrected chi connectivity index (χ0v) is 14.0. The van der Waals surface area contributed by atoms with E-state index in [0.29, 0.717) is 0 Å². The van der Waals surface area contributed by atoms with Gasteiger partial charge in [0, 0.05) is 25.7 Å². The predicted molar refractivity (Wildman–Crippen MR) is 89.6 cm³/mol. The van der Waals surface area contributed by atoms with Gasteiger partial charge in [-0.2, -0.15) is 0 Å². The van der Waals surface area contributed by atoms with Crippen LogP contribution in [0.25, 0.3) is 0 Å². The van der Waals surface area contributed by atoms with Crippen molar-refractivity contribution in [3.05, 3.63) is 0 Å². The van der Waals surface area contributed by atoms with Crippen LogP contribution in [0.5, 0.6) is 0 Å². The van der Waals surface area contributed by atoms with Gasteiger partial charge in [0.05, 0.1) is 0 Å². The fourth-order valence-corrected chi connectivity index (χ4v) is 4.71. The summed E-state index contributed by atoms with van der Waals surface area (Å²) in [6.45, 7) is 11.6. The zero-order chi connectivity index (χ0) is 14.5. The molecule has 3 heterocycles. The Bertz CT molecular complexity index is 299. The van der Waals surface area contributed by atoms with Crippen LogP contribution < -0.4 is 5.32 Å². The quantitative estimate of drug-likeness (QED) is 0.863. The lowest BCUT2D eigenvalue weighted by Gasteiger charge is -2.44. The number of rotatable bonds is 3. The van der Waals surface area contributed by atoms with Gasteiger partial charge in [-0.1, -0.05) is 19.8 Å². The molecule has 0 saturated carbocycles. The van der Waals surface area contributed by atoms with E-state index in [4.69, 9.17) is 0 Å². The molecule has 3 fully saturated rings. The second-order valence-electron chi connectivity index (χ2n) is 7.78. The topological polar surface area (TPSA) is 18.5 Å². The van der Waals surface area contributed by atoms with E-state index < -0.39 is 0 Å². The van der Waals surface area contributed by atoms with E-state index in [1.54, 1.807) is 0 Å². The Morgan fingerprint density at radius 1 is 0.952 bits per heavy atom. The van der Waals surface area contributed by atoms with Gasteiger partial charge in [-0.3, -0.25) is 4.90 Å². The molecule has 0 spiro atoms. The molecule has 3 rings (SSSR count). The molecule has 0 bridgehead atoms. The molecule has 1 N–H and O–H groups in total. The van der Waals surface area contributed by atoms with Crippen molar-refractivity contribution in [1.82, 2.24) is 15.1 Å². The average molecular weight is 293 g/mol. The van der Waals surface area contributed by atoms with Crippen LogP contribution in [-0.2, 0) is 0 Å². The Kier molecular flexibility index (Phi) is 5.96. The van der Waals surface area contributed by atoms with Crippen molar-refractivity contribution >= 4 is 0 Å². The zero-order valence-electron chi connectivity index (χ0n) is 14.0. The largest absolute Gasteiger partial charge is 0.315 e. The van der Waals surface area contributed by atoms with Crippen LogP contribution in [0.3, 0.4) is 0 Å². The van der Waals surface area contributed by atoms with Crippen molar-refractivity contribution < 1.29 is 0 Å². The van der Waals surface area contributed by atoms with Gasteiger partial charge in [0.1, 0.15) is 0 Å². The summed E-state index contributed by atoms with van der Waals surface area (Å²) in [5.74, 6) is 1.80. The number of hydrogen-bond donors (Lipinski definition) is 1. The normalized spacial score (nSPS) is 37.3. The van der Waals surface area contributed by atoms with E-state index in [2.05, 4.69) is 22.0 Å². The van der Waals surface area contributed by atoms with Crippen LogP contribution >= 0.6 is 0 Å². The third-order valence-electron chi connectivity index (χ3n) is 5.94. The van der Waals surface area contributed by atoms with E-state index in [9.17, 15) is 0 Å². The monoisotopic (exact) mass is 293 g/mol. The fourth-order valence-electron chi connectivity index (χ4n) is 4.71. The van der Waals surface area contributed by atoms with Gasteiger partial charge in [0.25, 0.3) is 0 Å². The van der Waals surface area contributed by atoms with Gasteiger partial charge in [-0.05, 0) is 70.1 Å². The van der Waals surface area contributed by atoms with Gasteiger partial charge in [0.2, 0.25) is 0 Å². The number of nitrogens with zero attached hydrogens (tertiary/aromatic N) is 2. The number of piperidine rings is 2. The van der Waals surface area contributed by atoms with Crippen molar-refractivity contribution in [2.75, 3.05) is 45.8 Å². The Morgan fingerprint density at radius 2 is 1.76 bits per heavy atom. The smallest absolute Gasteiger partial charge is 0.0261 e. The van der Waals surface area contributed by atoms with Crippen molar-refractivity contribution in [2.45, 2.75) is 57.9 Å². The third-order valence-corrected chi connectivity index (χ3v) is 5.94. The van der Waals surface area contributed by atoms with Crippen LogP contribution in [0.2, 0.25) is 0 Å².